The molecule has 0 bridgehead atoms. The Labute approximate surface area is 119 Å². The number of anilines is 1. The number of carboxylic acids is 1. The van der Waals surface area contributed by atoms with Crippen LogP contribution in [0.15, 0.2) is 36.7 Å². The zero-order valence-corrected chi connectivity index (χ0v) is 11.0. The predicted octanol–water partition coefficient (Wildman–Crippen LogP) is 1.03. The van der Waals surface area contributed by atoms with E-state index >= 15 is 0 Å². The lowest BCUT2D eigenvalue weighted by molar-refractivity contribution is 0.0690. The van der Waals surface area contributed by atoms with Gasteiger partial charge in [-0.1, -0.05) is 23.4 Å². The first-order chi connectivity index (χ1) is 10.3. The minimum atomic E-state index is -1.11. The fourth-order valence-corrected chi connectivity index (χ4v) is 2.03. The zero-order chi connectivity index (χ0) is 14.7. The Bertz CT molecular complexity index is 771. The Hall–Kier alpha value is -3.03. The number of benzene rings is 1. The van der Waals surface area contributed by atoms with Crippen LogP contribution in [0.4, 0.5) is 5.69 Å². The van der Waals surface area contributed by atoms with Crippen molar-refractivity contribution in [3.63, 3.8) is 0 Å². The molecule has 0 fully saturated rings. The molecule has 0 aliphatic heterocycles. The fraction of sp³-hybridized carbons (Fsp3) is 0.154. The van der Waals surface area contributed by atoms with Gasteiger partial charge in [-0.15, -0.1) is 15.3 Å². The highest BCUT2D eigenvalue weighted by atomic mass is 16.4. The van der Waals surface area contributed by atoms with Gasteiger partial charge in [0.2, 0.25) is 0 Å². The molecule has 0 saturated carbocycles. The SMILES string of the molecule is O=C(O)c1nnc2ccccc2c1NCCn1ccnn1. The summed E-state index contributed by atoms with van der Waals surface area (Å²) in [6.07, 6.45) is 3.33. The first-order valence-electron chi connectivity index (χ1n) is 6.32. The van der Waals surface area contributed by atoms with Crippen LogP contribution in [0.1, 0.15) is 10.5 Å². The maximum absolute atomic E-state index is 11.3. The van der Waals surface area contributed by atoms with Crippen molar-refractivity contribution in [1.82, 2.24) is 25.2 Å². The van der Waals surface area contributed by atoms with E-state index in [2.05, 4.69) is 25.8 Å². The third-order valence-electron chi connectivity index (χ3n) is 2.99. The normalized spacial score (nSPS) is 10.7. The van der Waals surface area contributed by atoms with E-state index in [1.54, 1.807) is 23.1 Å². The molecule has 2 N–H and O–H groups in total. The minimum Gasteiger partial charge on any atom is -0.476 e. The number of rotatable bonds is 5. The lowest BCUT2D eigenvalue weighted by Crippen LogP contribution is -2.15. The average molecular weight is 284 g/mol. The molecule has 0 amide bonds. The lowest BCUT2D eigenvalue weighted by atomic mass is 10.1. The maximum Gasteiger partial charge on any atom is 0.358 e. The van der Waals surface area contributed by atoms with Gasteiger partial charge in [0.25, 0.3) is 0 Å². The van der Waals surface area contributed by atoms with Crippen molar-refractivity contribution in [3.05, 3.63) is 42.4 Å². The number of hydrogen-bond donors (Lipinski definition) is 2. The zero-order valence-electron chi connectivity index (χ0n) is 11.0. The molecule has 1 aromatic carbocycles. The summed E-state index contributed by atoms with van der Waals surface area (Å²) in [6.45, 7) is 1.06. The van der Waals surface area contributed by atoms with Crippen molar-refractivity contribution >= 4 is 22.6 Å². The third-order valence-corrected chi connectivity index (χ3v) is 2.99. The fourth-order valence-electron chi connectivity index (χ4n) is 2.03. The molecule has 2 heterocycles. The van der Waals surface area contributed by atoms with Gasteiger partial charge in [0.1, 0.15) is 0 Å². The van der Waals surface area contributed by atoms with E-state index in [9.17, 15) is 9.90 Å². The molecular weight excluding hydrogens is 272 g/mol. The first kappa shape index (κ1) is 13.0. The second-order valence-corrected chi connectivity index (χ2v) is 4.34. The Morgan fingerprint density at radius 2 is 2.14 bits per heavy atom. The number of carbonyl (C=O) groups is 1. The van der Waals surface area contributed by atoms with Gasteiger partial charge >= 0.3 is 5.97 Å². The number of fused-ring (bicyclic) bond motifs is 1. The topological polar surface area (TPSA) is 106 Å². The van der Waals surface area contributed by atoms with Crippen LogP contribution in [0, 0.1) is 0 Å². The van der Waals surface area contributed by atoms with Crippen molar-refractivity contribution in [3.8, 4) is 0 Å². The number of aromatic nitrogens is 5. The molecule has 106 valence electrons. The molecule has 0 aliphatic carbocycles. The van der Waals surface area contributed by atoms with Crippen LogP contribution in [0.3, 0.4) is 0 Å². The van der Waals surface area contributed by atoms with Crippen LogP contribution in [0.2, 0.25) is 0 Å². The van der Waals surface area contributed by atoms with E-state index in [0.29, 0.717) is 24.3 Å². The Balaban J connectivity index is 1.90. The van der Waals surface area contributed by atoms with Gasteiger partial charge in [-0.25, -0.2) is 4.79 Å². The maximum atomic E-state index is 11.3. The quantitative estimate of drug-likeness (QED) is 0.720. The molecule has 21 heavy (non-hydrogen) atoms. The van der Waals surface area contributed by atoms with Crippen LogP contribution in [0.25, 0.3) is 10.9 Å². The molecule has 3 rings (SSSR count). The molecule has 0 atom stereocenters. The molecule has 2 aromatic heterocycles. The van der Waals surface area contributed by atoms with E-state index in [1.165, 1.54) is 0 Å². The van der Waals surface area contributed by atoms with Crippen molar-refractivity contribution in [1.29, 1.82) is 0 Å². The first-order valence-corrected chi connectivity index (χ1v) is 6.32. The summed E-state index contributed by atoms with van der Waals surface area (Å²) in [5.74, 6) is -1.11. The minimum absolute atomic E-state index is 0.0905. The van der Waals surface area contributed by atoms with Crippen LogP contribution in [-0.2, 0) is 6.54 Å². The highest BCUT2D eigenvalue weighted by Crippen LogP contribution is 2.24. The molecule has 8 nitrogen and oxygen atoms in total. The number of nitrogens with one attached hydrogen (secondary N) is 1. The van der Waals surface area contributed by atoms with Crippen molar-refractivity contribution in [2.45, 2.75) is 6.54 Å². The molecular formula is C13H12N6O2. The molecule has 0 radical (unpaired) electrons. The summed E-state index contributed by atoms with van der Waals surface area (Å²) in [7, 11) is 0. The van der Waals surface area contributed by atoms with Gasteiger partial charge in [0.05, 0.1) is 23.9 Å². The monoisotopic (exact) mass is 284 g/mol. The average Bonchev–Trinajstić information content (AvgIpc) is 3.00. The molecule has 0 saturated heterocycles. The van der Waals surface area contributed by atoms with Gasteiger partial charge in [-0.3, -0.25) is 4.68 Å². The Kier molecular flexibility index (Phi) is 3.42. The van der Waals surface area contributed by atoms with Crippen LogP contribution < -0.4 is 5.32 Å². The molecule has 0 aliphatic rings. The van der Waals surface area contributed by atoms with Gasteiger partial charge in [0, 0.05) is 18.1 Å². The largest absolute Gasteiger partial charge is 0.476 e. The van der Waals surface area contributed by atoms with Gasteiger partial charge < -0.3 is 10.4 Å². The van der Waals surface area contributed by atoms with Crippen LogP contribution in [-0.4, -0.2) is 42.8 Å². The number of aromatic carboxylic acids is 1. The van der Waals surface area contributed by atoms with E-state index in [0.717, 1.165) is 5.39 Å². The van der Waals surface area contributed by atoms with Gasteiger partial charge in [-0.2, -0.15) is 0 Å². The Morgan fingerprint density at radius 3 is 2.90 bits per heavy atom. The Morgan fingerprint density at radius 1 is 1.29 bits per heavy atom. The van der Waals surface area contributed by atoms with E-state index < -0.39 is 5.97 Å². The number of nitrogens with zero attached hydrogens (tertiary/aromatic N) is 5. The summed E-state index contributed by atoms with van der Waals surface area (Å²) < 4.78 is 1.66. The highest BCUT2D eigenvalue weighted by Gasteiger charge is 2.16. The summed E-state index contributed by atoms with van der Waals surface area (Å²) in [5.41, 5.74) is 1.02. The number of hydrogen-bond acceptors (Lipinski definition) is 6. The van der Waals surface area contributed by atoms with Crippen molar-refractivity contribution in [2.24, 2.45) is 0 Å². The standard InChI is InChI=1S/C13H12N6O2/c20-13(21)12-11(14-5-7-19-8-6-15-18-19)9-3-1-2-4-10(9)16-17-12/h1-4,6,8H,5,7H2,(H,14,16)(H,20,21). The summed E-state index contributed by atoms with van der Waals surface area (Å²) in [5, 5.41) is 28.3. The second-order valence-electron chi connectivity index (χ2n) is 4.34. The van der Waals surface area contributed by atoms with Gasteiger partial charge in [0.15, 0.2) is 5.69 Å². The van der Waals surface area contributed by atoms with Crippen LogP contribution >= 0.6 is 0 Å². The van der Waals surface area contributed by atoms with E-state index in [1.807, 2.05) is 18.2 Å². The van der Waals surface area contributed by atoms with Crippen LogP contribution in [0.5, 0.6) is 0 Å². The van der Waals surface area contributed by atoms with E-state index in [-0.39, 0.29) is 5.69 Å². The molecule has 8 heteroatoms. The third kappa shape index (κ3) is 2.64. The second kappa shape index (κ2) is 5.53. The summed E-state index contributed by atoms with van der Waals surface area (Å²) in [4.78, 5) is 11.3. The number of carboxylic acid groups (broad SMARTS) is 1. The lowest BCUT2D eigenvalue weighted by Gasteiger charge is -2.11. The summed E-state index contributed by atoms with van der Waals surface area (Å²) in [6, 6.07) is 7.26. The van der Waals surface area contributed by atoms with Crippen molar-refractivity contribution in [2.75, 3.05) is 11.9 Å². The van der Waals surface area contributed by atoms with E-state index in [4.69, 9.17) is 0 Å². The smallest absolute Gasteiger partial charge is 0.358 e. The molecule has 0 spiro atoms. The summed E-state index contributed by atoms with van der Waals surface area (Å²) >= 11 is 0. The molecule has 3 aromatic rings. The van der Waals surface area contributed by atoms with Gasteiger partial charge in [-0.05, 0) is 6.07 Å². The molecule has 0 unspecified atom stereocenters. The van der Waals surface area contributed by atoms with Crippen molar-refractivity contribution < 1.29 is 9.90 Å². The highest BCUT2D eigenvalue weighted by molar-refractivity contribution is 6.02. The predicted molar refractivity (Wildman–Crippen MR) is 75.0 cm³/mol.